The van der Waals surface area contributed by atoms with Crippen LogP contribution in [0.15, 0.2) is 58.4 Å². The fourth-order valence-corrected chi connectivity index (χ4v) is 2.84. The average Bonchev–Trinajstić information content (AvgIpc) is 2.71. The molecule has 29 heavy (non-hydrogen) atoms. The van der Waals surface area contributed by atoms with Crippen molar-refractivity contribution in [3.63, 3.8) is 0 Å². The maximum atomic E-state index is 12.6. The molecule has 1 aromatic heterocycles. The van der Waals surface area contributed by atoms with E-state index in [9.17, 15) is 14.4 Å². The third-order valence-electron chi connectivity index (χ3n) is 4.13. The van der Waals surface area contributed by atoms with Crippen molar-refractivity contribution >= 4 is 34.5 Å². The first kappa shape index (κ1) is 19.9. The molecule has 8 nitrogen and oxygen atoms in total. The van der Waals surface area contributed by atoms with Crippen LogP contribution in [0.4, 0.5) is 5.69 Å². The first-order valence-electron chi connectivity index (χ1n) is 9.20. The normalized spacial score (nSPS) is 11.0. The quantitative estimate of drug-likeness (QED) is 0.497. The zero-order valence-electron chi connectivity index (χ0n) is 16.2. The van der Waals surface area contributed by atoms with Crippen LogP contribution >= 0.6 is 0 Å². The summed E-state index contributed by atoms with van der Waals surface area (Å²) in [6, 6.07) is 13.9. The fraction of sp³-hybridized carbons (Fsp3) is 0.190. The second-order valence-electron chi connectivity index (χ2n) is 6.42. The van der Waals surface area contributed by atoms with Gasteiger partial charge >= 0.3 is 0 Å². The van der Waals surface area contributed by atoms with E-state index < -0.39 is 5.91 Å². The molecule has 3 rings (SSSR count). The van der Waals surface area contributed by atoms with Crippen LogP contribution in [-0.4, -0.2) is 27.8 Å². The van der Waals surface area contributed by atoms with E-state index in [0.29, 0.717) is 23.0 Å². The Morgan fingerprint density at radius 3 is 2.45 bits per heavy atom. The van der Waals surface area contributed by atoms with Crippen LogP contribution in [-0.2, 0) is 11.3 Å². The number of carbonyl (C=O) groups excluding carboxylic acids is 2. The van der Waals surface area contributed by atoms with Gasteiger partial charge in [0, 0.05) is 24.5 Å². The van der Waals surface area contributed by atoms with Crippen molar-refractivity contribution in [2.45, 2.75) is 26.8 Å². The van der Waals surface area contributed by atoms with E-state index in [1.807, 2.05) is 6.92 Å². The minimum Gasteiger partial charge on any atom is -0.326 e. The number of hydrogen-bond acceptors (Lipinski definition) is 5. The zero-order valence-corrected chi connectivity index (χ0v) is 16.2. The monoisotopic (exact) mass is 391 g/mol. The van der Waals surface area contributed by atoms with Gasteiger partial charge in [-0.2, -0.15) is 10.2 Å². The first-order chi connectivity index (χ1) is 14.0. The van der Waals surface area contributed by atoms with Gasteiger partial charge in [-0.1, -0.05) is 37.3 Å². The molecule has 2 aromatic carbocycles. The molecular formula is C21H21N5O3. The van der Waals surface area contributed by atoms with Crippen LogP contribution in [0.3, 0.4) is 0 Å². The SMILES string of the molecule is CCCn1nc(C(=O)NN=Cc2ccc(NC(C)=O)cc2)c2ccccc2c1=O. The van der Waals surface area contributed by atoms with E-state index in [-0.39, 0.29) is 17.2 Å². The van der Waals surface area contributed by atoms with Crippen LogP contribution in [0.1, 0.15) is 36.3 Å². The van der Waals surface area contributed by atoms with Gasteiger partial charge in [0.1, 0.15) is 0 Å². The molecule has 0 bridgehead atoms. The number of hydrazone groups is 1. The number of benzene rings is 2. The van der Waals surface area contributed by atoms with Crippen molar-refractivity contribution in [1.82, 2.24) is 15.2 Å². The summed E-state index contributed by atoms with van der Waals surface area (Å²) in [4.78, 5) is 36.2. The van der Waals surface area contributed by atoms with Crippen LogP contribution in [0, 0.1) is 0 Å². The summed E-state index contributed by atoms with van der Waals surface area (Å²) in [5.41, 5.74) is 3.80. The number of amides is 2. The van der Waals surface area contributed by atoms with E-state index in [2.05, 4.69) is 20.9 Å². The second kappa shape index (κ2) is 8.92. The van der Waals surface area contributed by atoms with Gasteiger partial charge in [0.2, 0.25) is 5.91 Å². The molecule has 0 saturated heterocycles. The Labute approximate surface area is 167 Å². The van der Waals surface area contributed by atoms with E-state index in [1.165, 1.54) is 17.8 Å². The largest absolute Gasteiger partial charge is 0.326 e. The van der Waals surface area contributed by atoms with E-state index in [0.717, 1.165) is 12.0 Å². The van der Waals surface area contributed by atoms with Gasteiger partial charge in [0.05, 0.1) is 11.6 Å². The van der Waals surface area contributed by atoms with Gasteiger partial charge < -0.3 is 5.32 Å². The summed E-state index contributed by atoms with van der Waals surface area (Å²) in [6.45, 7) is 3.80. The highest BCUT2D eigenvalue weighted by molar-refractivity contribution is 6.05. The Morgan fingerprint density at radius 1 is 1.10 bits per heavy atom. The summed E-state index contributed by atoms with van der Waals surface area (Å²) < 4.78 is 1.31. The van der Waals surface area contributed by atoms with Gasteiger partial charge in [-0.05, 0) is 30.2 Å². The van der Waals surface area contributed by atoms with Crippen LogP contribution in [0.5, 0.6) is 0 Å². The Balaban J connectivity index is 1.81. The van der Waals surface area contributed by atoms with Gasteiger partial charge in [-0.3, -0.25) is 14.4 Å². The number of carbonyl (C=O) groups is 2. The summed E-state index contributed by atoms with van der Waals surface area (Å²) in [7, 11) is 0. The second-order valence-corrected chi connectivity index (χ2v) is 6.42. The molecule has 0 aliphatic carbocycles. The molecule has 2 N–H and O–H groups in total. The highest BCUT2D eigenvalue weighted by Crippen LogP contribution is 2.13. The number of hydrogen-bond donors (Lipinski definition) is 2. The summed E-state index contributed by atoms with van der Waals surface area (Å²) >= 11 is 0. The highest BCUT2D eigenvalue weighted by Gasteiger charge is 2.15. The molecule has 0 radical (unpaired) electrons. The lowest BCUT2D eigenvalue weighted by Gasteiger charge is -2.09. The Bertz CT molecular complexity index is 1130. The number of aromatic nitrogens is 2. The topological polar surface area (TPSA) is 105 Å². The van der Waals surface area contributed by atoms with Gasteiger partial charge in [-0.15, -0.1) is 0 Å². The molecule has 0 aliphatic rings. The molecule has 0 atom stereocenters. The number of anilines is 1. The molecule has 0 saturated carbocycles. The number of rotatable bonds is 6. The molecule has 0 unspecified atom stereocenters. The highest BCUT2D eigenvalue weighted by atomic mass is 16.2. The standard InChI is InChI=1S/C21H21N5O3/c1-3-12-26-21(29)18-7-5-4-6-17(18)19(25-26)20(28)24-22-13-15-8-10-16(11-9-15)23-14(2)27/h4-11,13H,3,12H2,1-2H3,(H,23,27)(H,24,28). The maximum Gasteiger partial charge on any atom is 0.292 e. The molecule has 0 fully saturated rings. The lowest BCUT2D eigenvalue weighted by atomic mass is 10.1. The first-order valence-corrected chi connectivity index (χ1v) is 9.20. The number of nitrogens with zero attached hydrogens (tertiary/aromatic N) is 3. The smallest absolute Gasteiger partial charge is 0.292 e. The molecule has 2 amide bonds. The molecule has 8 heteroatoms. The zero-order chi connectivity index (χ0) is 20.8. The summed E-state index contributed by atoms with van der Waals surface area (Å²) in [5, 5.41) is 11.8. The Morgan fingerprint density at radius 2 is 1.79 bits per heavy atom. The molecular weight excluding hydrogens is 370 g/mol. The third-order valence-corrected chi connectivity index (χ3v) is 4.13. The van der Waals surface area contributed by atoms with Crippen molar-refractivity contribution in [3.05, 3.63) is 70.1 Å². The minimum absolute atomic E-state index is 0.145. The Hall–Kier alpha value is -3.81. The number of aryl methyl sites for hydroxylation is 1. The van der Waals surface area contributed by atoms with E-state index >= 15 is 0 Å². The van der Waals surface area contributed by atoms with Crippen molar-refractivity contribution in [3.8, 4) is 0 Å². The van der Waals surface area contributed by atoms with Gasteiger partial charge in [0.15, 0.2) is 5.69 Å². The van der Waals surface area contributed by atoms with Crippen molar-refractivity contribution in [1.29, 1.82) is 0 Å². The molecule has 1 heterocycles. The minimum atomic E-state index is -0.503. The van der Waals surface area contributed by atoms with E-state index in [4.69, 9.17) is 0 Å². The lowest BCUT2D eigenvalue weighted by molar-refractivity contribution is -0.114. The predicted octanol–water partition coefficient (Wildman–Crippen LogP) is 2.53. The van der Waals surface area contributed by atoms with E-state index in [1.54, 1.807) is 48.5 Å². The van der Waals surface area contributed by atoms with Gasteiger partial charge in [-0.25, -0.2) is 10.1 Å². The predicted molar refractivity (Wildman–Crippen MR) is 112 cm³/mol. The molecule has 0 spiro atoms. The lowest BCUT2D eigenvalue weighted by Crippen LogP contribution is -2.29. The average molecular weight is 391 g/mol. The van der Waals surface area contributed by atoms with Gasteiger partial charge in [0.25, 0.3) is 11.5 Å². The van der Waals surface area contributed by atoms with Crippen molar-refractivity contribution in [2.75, 3.05) is 5.32 Å². The van der Waals surface area contributed by atoms with Crippen LogP contribution < -0.4 is 16.3 Å². The van der Waals surface area contributed by atoms with Crippen LogP contribution in [0.25, 0.3) is 10.8 Å². The number of fused-ring (bicyclic) bond motifs is 1. The van der Waals surface area contributed by atoms with Crippen molar-refractivity contribution in [2.24, 2.45) is 5.10 Å². The van der Waals surface area contributed by atoms with Crippen molar-refractivity contribution < 1.29 is 9.59 Å². The molecule has 148 valence electrons. The molecule has 3 aromatic rings. The summed E-state index contributed by atoms with van der Waals surface area (Å²) in [5.74, 6) is -0.653. The molecule has 0 aliphatic heterocycles. The Kier molecular flexibility index (Phi) is 6.13. The maximum absolute atomic E-state index is 12.6. The summed E-state index contributed by atoms with van der Waals surface area (Å²) in [6.07, 6.45) is 2.21. The van der Waals surface area contributed by atoms with Crippen LogP contribution in [0.2, 0.25) is 0 Å². The number of nitrogens with one attached hydrogen (secondary N) is 2. The fourth-order valence-electron chi connectivity index (χ4n) is 2.84. The third kappa shape index (κ3) is 4.73.